The lowest BCUT2D eigenvalue weighted by Crippen LogP contribution is -2.11. The molecule has 0 aliphatic rings. The lowest BCUT2D eigenvalue weighted by atomic mass is 10.1. The van der Waals surface area contributed by atoms with E-state index in [1.807, 2.05) is 0 Å². The van der Waals surface area contributed by atoms with Crippen molar-refractivity contribution in [2.24, 2.45) is 0 Å². The lowest BCUT2D eigenvalue weighted by Gasteiger charge is -2.10. The molecule has 0 atom stereocenters. The van der Waals surface area contributed by atoms with Gasteiger partial charge in [0.25, 0.3) is 0 Å². The average molecular weight is 518 g/mol. The largest absolute Gasteiger partial charge is 0.494 e. The van der Waals surface area contributed by atoms with Gasteiger partial charge < -0.3 is 18.6 Å². The Morgan fingerprint density at radius 3 is 2.27 bits per heavy atom. The summed E-state index contributed by atoms with van der Waals surface area (Å²) in [6.07, 6.45) is 1.64. The quantitative estimate of drug-likeness (QED) is 0.0997. The summed E-state index contributed by atoms with van der Waals surface area (Å²) in [5.74, 6) is -0.598. The van der Waals surface area contributed by atoms with E-state index < -0.39 is 23.3 Å². The van der Waals surface area contributed by atoms with E-state index in [9.17, 15) is 27.6 Å². The monoisotopic (exact) mass is 518 g/mol. The second-order valence-corrected chi connectivity index (χ2v) is 7.98. The fraction of sp³-hybridized carbons (Fsp3) is 0.296. The lowest BCUT2D eigenvalue weighted by molar-refractivity contribution is -0.138. The highest BCUT2D eigenvalue weighted by Crippen LogP contribution is 2.35. The van der Waals surface area contributed by atoms with Gasteiger partial charge in [0.1, 0.15) is 17.1 Å². The molecule has 0 fully saturated rings. The Labute approximate surface area is 210 Å². The van der Waals surface area contributed by atoms with Crippen molar-refractivity contribution in [1.82, 2.24) is 0 Å². The number of ether oxygens (including phenoxy) is 3. The molecule has 0 radical (unpaired) electrons. The first kappa shape index (κ1) is 27.5. The molecule has 1 aromatic heterocycles. The van der Waals surface area contributed by atoms with Crippen LogP contribution in [0.4, 0.5) is 13.2 Å². The van der Waals surface area contributed by atoms with Gasteiger partial charge in [-0.1, -0.05) is 6.08 Å². The van der Waals surface area contributed by atoms with Crippen LogP contribution in [-0.4, -0.2) is 25.2 Å². The maximum atomic E-state index is 13.2. The molecule has 0 bridgehead atoms. The molecule has 10 heteroatoms. The number of carbonyl (C=O) groups is 2. The van der Waals surface area contributed by atoms with Crippen LogP contribution in [-0.2, 0) is 15.7 Å². The maximum Gasteiger partial charge on any atom is 0.417 e. The molecule has 7 nitrogen and oxygen atoms in total. The van der Waals surface area contributed by atoms with Crippen molar-refractivity contribution in [2.45, 2.75) is 38.8 Å². The molecule has 0 aliphatic carbocycles. The van der Waals surface area contributed by atoms with E-state index in [0.717, 1.165) is 37.8 Å². The molecule has 0 aliphatic heterocycles. The number of benzene rings is 2. The normalized spacial score (nSPS) is 11.6. The number of carbonyl (C=O) groups excluding carboxylic acids is 2. The van der Waals surface area contributed by atoms with Crippen LogP contribution >= 0.6 is 0 Å². The first-order valence-corrected chi connectivity index (χ1v) is 11.6. The first-order chi connectivity index (χ1) is 17.7. The number of rotatable bonds is 11. The van der Waals surface area contributed by atoms with Gasteiger partial charge in [0.15, 0.2) is 0 Å². The van der Waals surface area contributed by atoms with Gasteiger partial charge in [0.05, 0.1) is 24.3 Å². The maximum absolute atomic E-state index is 13.2. The third kappa shape index (κ3) is 8.23. The smallest absolute Gasteiger partial charge is 0.417 e. The van der Waals surface area contributed by atoms with Crippen molar-refractivity contribution in [3.63, 3.8) is 0 Å². The van der Waals surface area contributed by atoms with Crippen LogP contribution < -0.4 is 15.1 Å². The molecule has 3 aromatic rings. The summed E-state index contributed by atoms with van der Waals surface area (Å²) in [7, 11) is 0. The van der Waals surface area contributed by atoms with E-state index in [-0.39, 0.29) is 28.3 Å². The molecular weight excluding hydrogens is 493 g/mol. The van der Waals surface area contributed by atoms with Crippen LogP contribution in [0.5, 0.6) is 11.5 Å². The standard InChI is InChI=1S/C27H25F3O7/c1-2-7-24(31)35-15-6-4-3-5-14-34-19-10-8-18(9-11-19)26(33)36-20-12-13-21-22(27(28,29)30)17-25(32)37-23(21)16-20/h2,7-13,16-17H,3-6,14-15H2,1H3. The summed E-state index contributed by atoms with van der Waals surface area (Å²) in [6.45, 7) is 2.60. The minimum absolute atomic E-state index is 0.0723. The fourth-order valence-electron chi connectivity index (χ4n) is 3.40. The number of fused-ring (bicyclic) bond motifs is 1. The number of halogens is 3. The number of esters is 2. The zero-order valence-electron chi connectivity index (χ0n) is 20.0. The Hall–Kier alpha value is -4.08. The van der Waals surface area contributed by atoms with Crippen molar-refractivity contribution < 1.29 is 41.4 Å². The van der Waals surface area contributed by atoms with Gasteiger partial charge in [0.2, 0.25) is 0 Å². The zero-order chi connectivity index (χ0) is 26.8. The third-order valence-corrected chi connectivity index (χ3v) is 5.18. The van der Waals surface area contributed by atoms with E-state index >= 15 is 0 Å². The van der Waals surface area contributed by atoms with Gasteiger partial charge >= 0.3 is 23.7 Å². The van der Waals surface area contributed by atoms with Crippen LogP contribution in [0.1, 0.15) is 48.5 Å². The average Bonchev–Trinajstić information content (AvgIpc) is 2.85. The second-order valence-electron chi connectivity index (χ2n) is 7.98. The Morgan fingerprint density at radius 1 is 0.919 bits per heavy atom. The minimum atomic E-state index is -4.74. The van der Waals surface area contributed by atoms with E-state index in [1.165, 1.54) is 24.3 Å². The Balaban J connectivity index is 1.47. The highest BCUT2D eigenvalue weighted by Gasteiger charge is 2.34. The van der Waals surface area contributed by atoms with Gasteiger partial charge in [-0.05, 0) is 69.0 Å². The summed E-state index contributed by atoms with van der Waals surface area (Å²) in [5.41, 5.74) is -2.43. The number of hydrogen-bond donors (Lipinski definition) is 0. The molecule has 196 valence electrons. The van der Waals surface area contributed by atoms with Crippen molar-refractivity contribution in [2.75, 3.05) is 13.2 Å². The van der Waals surface area contributed by atoms with Crippen LogP contribution in [0.3, 0.4) is 0 Å². The van der Waals surface area contributed by atoms with Gasteiger partial charge in [-0.25, -0.2) is 14.4 Å². The molecule has 0 amide bonds. The van der Waals surface area contributed by atoms with E-state index in [1.54, 1.807) is 25.1 Å². The summed E-state index contributed by atoms with van der Waals surface area (Å²) in [6, 6.07) is 9.92. The van der Waals surface area contributed by atoms with E-state index in [0.29, 0.717) is 25.0 Å². The molecule has 2 aromatic carbocycles. The molecule has 0 saturated heterocycles. The third-order valence-electron chi connectivity index (χ3n) is 5.18. The van der Waals surface area contributed by atoms with E-state index in [4.69, 9.17) is 18.6 Å². The molecule has 0 unspecified atom stereocenters. The minimum Gasteiger partial charge on any atom is -0.494 e. The predicted octanol–water partition coefficient (Wildman–Crippen LogP) is 6.09. The van der Waals surface area contributed by atoms with Crippen molar-refractivity contribution in [3.8, 4) is 11.5 Å². The summed E-state index contributed by atoms with van der Waals surface area (Å²) < 4.78 is 60.3. The second kappa shape index (κ2) is 12.8. The van der Waals surface area contributed by atoms with Gasteiger partial charge in [-0.3, -0.25) is 0 Å². The number of allylic oxidation sites excluding steroid dienone is 1. The molecule has 3 rings (SSSR count). The number of unbranched alkanes of at least 4 members (excludes halogenated alkanes) is 3. The Morgan fingerprint density at radius 2 is 1.59 bits per heavy atom. The highest BCUT2D eigenvalue weighted by molar-refractivity contribution is 5.92. The molecule has 0 N–H and O–H groups in total. The highest BCUT2D eigenvalue weighted by atomic mass is 19.4. The summed E-state index contributed by atoms with van der Waals surface area (Å²) in [4.78, 5) is 35.2. The predicted molar refractivity (Wildman–Crippen MR) is 129 cm³/mol. The van der Waals surface area contributed by atoms with E-state index in [2.05, 4.69) is 0 Å². The Bertz CT molecular complexity index is 1310. The Kier molecular flexibility index (Phi) is 9.48. The van der Waals surface area contributed by atoms with Crippen molar-refractivity contribution >= 4 is 22.9 Å². The van der Waals surface area contributed by atoms with Crippen LogP contribution in [0, 0.1) is 0 Å². The molecule has 37 heavy (non-hydrogen) atoms. The topological polar surface area (TPSA) is 92.0 Å². The SMILES string of the molecule is CC=CC(=O)OCCCCCCOc1ccc(C(=O)Oc2ccc3c(C(F)(F)F)cc(=O)oc3c2)cc1. The molecule has 1 heterocycles. The van der Waals surface area contributed by atoms with Crippen molar-refractivity contribution in [3.05, 3.63) is 82.2 Å². The molecule has 0 spiro atoms. The van der Waals surface area contributed by atoms with Crippen LogP contribution in [0.15, 0.2) is 69.9 Å². The van der Waals surface area contributed by atoms with Crippen LogP contribution in [0.25, 0.3) is 11.0 Å². The molecular formula is C27H25F3O7. The molecule has 0 saturated carbocycles. The summed E-state index contributed by atoms with van der Waals surface area (Å²) in [5, 5.41) is -0.318. The van der Waals surface area contributed by atoms with Gasteiger partial charge in [0, 0.05) is 23.6 Å². The van der Waals surface area contributed by atoms with Gasteiger partial charge in [-0.2, -0.15) is 13.2 Å². The van der Waals surface area contributed by atoms with Crippen LogP contribution in [0.2, 0.25) is 0 Å². The number of hydrogen-bond acceptors (Lipinski definition) is 7. The summed E-state index contributed by atoms with van der Waals surface area (Å²) >= 11 is 0. The first-order valence-electron chi connectivity index (χ1n) is 11.6. The van der Waals surface area contributed by atoms with Crippen molar-refractivity contribution in [1.29, 1.82) is 0 Å². The zero-order valence-corrected chi connectivity index (χ0v) is 20.0. The number of alkyl halides is 3. The fourth-order valence-corrected chi connectivity index (χ4v) is 3.40. The van der Waals surface area contributed by atoms with Gasteiger partial charge in [-0.15, -0.1) is 0 Å².